The number of rotatable bonds is 3. The number of piperidine rings is 1. The topological polar surface area (TPSA) is 95.8 Å². The van der Waals surface area contributed by atoms with Crippen molar-refractivity contribution in [2.45, 2.75) is 43.8 Å². The summed E-state index contributed by atoms with van der Waals surface area (Å²) in [6.45, 7) is 0. The fraction of sp³-hybridized carbons (Fsp3) is 0.467. The van der Waals surface area contributed by atoms with Gasteiger partial charge in [0.05, 0.1) is 11.3 Å². The van der Waals surface area contributed by atoms with Crippen LogP contribution < -0.4 is 16.4 Å². The van der Waals surface area contributed by atoms with Gasteiger partial charge in [-0.1, -0.05) is 0 Å². The quantitative estimate of drug-likeness (QED) is 0.684. The number of amides is 1. The van der Waals surface area contributed by atoms with E-state index in [9.17, 15) is 4.79 Å². The molecule has 4 rings (SSSR count). The van der Waals surface area contributed by atoms with E-state index in [0.29, 0.717) is 23.7 Å². The van der Waals surface area contributed by atoms with Crippen LogP contribution in [0.15, 0.2) is 18.5 Å². The average Bonchev–Trinajstić information content (AvgIpc) is 3.05. The molecule has 0 aromatic carbocycles. The van der Waals surface area contributed by atoms with Crippen molar-refractivity contribution < 1.29 is 4.79 Å². The monoisotopic (exact) mass is 285 g/mol. The Morgan fingerprint density at radius 2 is 2.10 bits per heavy atom. The first-order valence-electron chi connectivity index (χ1n) is 7.49. The molecule has 0 radical (unpaired) electrons. The molecule has 2 bridgehead atoms. The Kier molecular flexibility index (Phi) is 2.85. The molecule has 2 saturated heterocycles. The number of hydrogen-bond acceptors (Lipinski definition) is 4. The summed E-state index contributed by atoms with van der Waals surface area (Å²) < 4.78 is 0. The summed E-state index contributed by atoms with van der Waals surface area (Å²) in [5.74, 6) is -0.440. The Morgan fingerprint density at radius 1 is 1.33 bits per heavy atom. The number of aromatic nitrogens is 2. The number of nitrogens with two attached hydrogens (primary N) is 1. The largest absolute Gasteiger partial charge is 0.381 e. The molecule has 0 aliphatic carbocycles. The molecule has 6 heteroatoms. The van der Waals surface area contributed by atoms with Gasteiger partial charge in [-0.2, -0.15) is 0 Å². The van der Waals surface area contributed by atoms with Crippen molar-refractivity contribution in [3.63, 3.8) is 0 Å². The van der Waals surface area contributed by atoms with Crippen molar-refractivity contribution >= 4 is 22.6 Å². The van der Waals surface area contributed by atoms with Crippen molar-refractivity contribution in [3.05, 3.63) is 24.0 Å². The van der Waals surface area contributed by atoms with Gasteiger partial charge in [0.1, 0.15) is 5.65 Å². The third-order valence-corrected chi connectivity index (χ3v) is 4.67. The first-order valence-corrected chi connectivity index (χ1v) is 7.49. The lowest BCUT2D eigenvalue weighted by Crippen LogP contribution is -2.43. The molecule has 110 valence electrons. The number of hydrogen-bond donors (Lipinski definition) is 4. The van der Waals surface area contributed by atoms with E-state index in [0.717, 1.165) is 29.6 Å². The zero-order chi connectivity index (χ0) is 14.4. The van der Waals surface area contributed by atoms with Gasteiger partial charge in [0.15, 0.2) is 0 Å². The lowest BCUT2D eigenvalue weighted by molar-refractivity contribution is 0.100. The number of anilines is 1. The maximum Gasteiger partial charge on any atom is 0.252 e. The molecule has 21 heavy (non-hydrogen) atoms. The van der Waals surface area contributed by atoms with E-state index < -0.39 is 5.91 Å². The van der Waals surface area contributed by atoms with Gasteiger partial charge in [0, 0.05) is 35.9 Å². The molecule has 1 unspecified atom stereocenters. The van der Waals surface area contributed by atoms with Gasteiger partial charge < -0.3 is 21.4 Å². The summed E-state index contributed by atoms with van der Waals surface area (Å²) in [5.41, 5.74) is 7.57. The van der Waals surface area contributed by atoms with Gasteiger partial charge in [-0.25, -0.2) is 4.98 Å². The van der Waals surface area contributed by atoms with Crippen LogP contribution in [0, 0.1) is 0 Å². The van der Waals surface area contributed by atoms with Crippen molar-refractivity contribution in [3.8, 4) is 0 Å². The number of carbonyl (C=O) groups is 1. The predicted octanol–water partition coefficient (Wildman–Crippen LogP) is 1.36. The molecule has 4 heterocycles. The number of carbonyl (C=O) groups excluding carboxylic acids is 1. The van der Waals surface area contributed by atoms with Crippen molar-refractivity contribution in [2.24, 2.45) is 5.73 Å². The predicted molar refractivity (Wildman–Crippen MR) is 81.2 cm³/mol. The minimum absolute atomic E-state index is 0.377. The Bertz CT molecular complexity index is 682. The Morgan fingerprint density at radius 3 is 2.81 bits per heavy atom. The minimum Gasteiger partial charge on any atom is -0.381 e. The number of aromatic amines is 1. The Hall–Kier alpha value is -2.08. The number of H-pyrrole nitrogens is 1. The molecule has 6 nitrogen and oxygen atoms in total. The fourth-order valence-electron chi connectivity index (χ4n) is 3.73. The SMILES string of the molecule is NC(=O)c1cnc2[nH]ccc2c1NC1C[C@H]2CC[C@@H](C1)N2. The zero-order valence-electron chi connectivity index (χ0n) is 11.7. The molecular formula is C15H19N5O. The normalized spacial score (nSPS) is 27.9. The van der Waals surface area contributed by atoms with E-state index in [1.165, 1.54) is 12.8 Å². The summed E-state index contributed by atoms with van der Waals surface area (Å²) in [4.78, 5) is 19.0. The fourth-order valence-corrected chi connectivity index (χ4v) is 3.73. The second-order valence-corrected chi connectivity index (χ2v) is 6.10. The van der Waals surface area contributed by atoms with Crippen LogP contribution >= 0.6 is 0 Å². The Balaban J connectivity index is 1.69. The standard InChI is InChI=1S/C15H19N5O/c16-14(21)12-7-18-15-11(3-4-17-15)13(12)20-10-5-8-1-2-9(6-10)19-8/h3-4,7-10,19H,1-2,5-6H2,(H2,16,21)(H2,17,18,20)/t8-,9+,10?. The van der Waals surface area contributed by atoms with Crippen molar-refractivity contribution in [1.82, 2.24) is 15.3 Å². The smallest absolute Gasteiger partial charge is 0.252 e. The van der Waals surface area contributed by atoms with Crippen LogP contribution in [0.25, 0.3) is 11.0 Å². The van der Waals surface area contributed by atoms with Crippen LogP contribution in [0.5, 0.6) is 0 Å². The third-order valence-electron chi connectivity index (χ3n) is 4.67. The van der Waals surface area contributed by atoms with Crippen LogP contribution in [0.3, 0.4) is 0 Å². The summed E-state index contributed by atoms with van der Waals surface area (Å²) in [6.07, 6.45) is 8.06. The first-order chi connectivity index (χ1) is 10.2. The zero-order valence-corrected chi connectivity index (χ0v) is 11.7. The molecule has 0 spiro atoms. The molecule has 5 N–H and O–H groups in total. The molecule has 3 atom stereocenters. The molecule has 2 aromatic rings. The molecule has 1 amide bonds. The molecular weight excluding hydrogens is 266 g/mol. The van der Waals surface area contributed by atoms with Gasteiger partial charge >= 0.3 is 0 Å². The lowest BCUT2D eigenvalue weighted by atomic mass is 9.98. The maximum atomic E-state index is 11.7. The van der Waals surface area contributed by atoms with Gasteiger partial charge in [0.25, 0.3) is 5.91 Å². The van der Waals surface area contributed by atoms with E-state index in [2.05, 4.69) is 20.6 Å². The molecule has 2 aliphatic rings. The second-order valence-electron chi connectivity index (χ2n) is 6.10. The number of nitrogens with one attached hydrogen (secondary N) is 3. The highest BCUT2D eigenvalue weighted by Crippen LogP contribution is 2.32. The van der Waals surface area contributed by atoms with Crippen LogP contribution in [0.2, 0.25) is 0 Å². The van der Waals surface area contributed by atoms with Crippen LogP contribution in [0.4, 0.5) is 5.69 Å². The number of primary amides is 1. The molecule has 0 saturated carbocycles. The highest BCUT2D eigenvalue weighted by Gasteiger charge is 2.34. The van der Waals surface area contributed by atoms with E-state index in [-0.39, 0.29) is 0 Å². The van der Waals surface area contributed by atoms with E-state index >= 15 is 0 Å². The summed E-state index contributed by atoms with van der Waals surface area (Å²) >= 11 is 0. The number of nitrogens with zero attached hydrogens (tertiary/aromatic N) is 1. The number of pyridine rings is 1. The minimum atomic E-state index is -0.440. The van der Waals surface area contributed by atoms with E-state index in [1.54, 1.807) is 6.20 Å². The highest BCUT2D eigenvalue weighted by molar-refractivity contribution is 6.05. The van der Waals surface area contributed by atoms with Gasteiger partial charge in [-0.05, 0) is 31.7 Å². The first kappa shape index (κ1) is 12.6. The van der Waals surface area contributed by atoms with Crippen LogP contribution in [-0.4, -0.2) is 34.0 Å². The van der Waals surface area contributed by atoms with Gasteiger partial charge in [-0.15, -0.1) is 0 Å². The van der Waals surface area contributed by atoms with Gasteiger partial charge in [0.2, 0.25) is 0 Å². The van der Waals surface area contributed by atoms with Crippen LogP contribution in [0.1, 0.15) is 36.0 Å². The van der Waals surface area contributed by atoms with Crippen LogP contribution in [-0.2, 0) is 0 Å². The summed E-state index contributed by atoms with van der Waals surface area (Å²) in [5, 5.41) is 8.11. The summed E-state index contributed by atoms with van der Waals surface area (Å²) in [7, 11) is 0. The molecule has 2 fully saturated rings. The molecule has 2 aliphatic heterocycles. The third kappa shape index (κ3) is 2.15. The average molecular weight is 285 g/mol. The lowest BCUT2D eigenvalue weighted by Gasteiger charge is -2.31. The Labute approximate surface area is 122 Å². The highest BCUT2D eigenvalue weighted by atomic mass is 16.1. The maximum absolute atomic E-state index is 11.7. The second kappa shape index (κ2) is 4.73. The van der Waals surface area contributed by atoms with Crippen molar-refractivity contribution in [2.75, 3.05) is 5.32 Å². The van der Waals surface area contributed by atoms with E-state index in [1.807, 2.05) is 12.3 Å². The van der Waals surface area contributed by atoms with E-state index in [4.69, 9.17) is 5.73 Å². The van der Waals surface area contributed by atoms with Gasteiger partial charge in [-0.3, -0.25) is 4.79 Å². The molecule has 2 aromatic heterocycles. The summed E-state index contributed by atoms with van der Waals surface area (Å²) in [6, 6.07) is 3.51. The number of fused-ring (bicyclic) bond motifs is 3. The van der Waals surface area contributed by atoms with Crippen molar-refractivity contribution in [1.29, 1.82) is 0 Å².